The number of pyridine rings is 2. The van der Waals surface area contributed by atoms with Crippen LogP contribution < -0.4 is 0 Å². The molecule has 0 bridgehead atoms. The largest absolute Gasteiger partial charge is 0.307 e. The first-order chi connectivity index (χ1) is 15.1. The van der Waals surface area contributed by atoms with Crippen LogP contribution in [-0.4, -0.2) is 29.8 Å². The van der Waals surface area contributed by atoms with Gasteiger partial charge in [-0.15, -0.1) is 0 Å². The van der Waals surface area contributed by atoms with Gasteiger partial charge >= 0.3 is 0 Å². The quantitative estimate of drug-likeness (QED) is 0.463. The Bertz CT molecular complexity index is 1290. The van der Waals surface area contributed by atoms with Crippen molar-refractivity contribution in [1.82, 2.24) is 24.1 Å². The summed E-state index contributed by atoms with van der Waals surface area (Å²) in [7, 11) is 0. The van der Waals surface area contributed by atoms with Crippen molar-refractivity contribution in [3.63, 3.8) is 0 Å². The molecule has 0 aromatic carbocycles. The first-order valence-electron chi connectivity index (χ1n) is 10.2. The summed E-state index contributed by atoms with van der Waals surface area (Å²) in [6.07, 6.45) is 9.90. The van der Waals surface area contributed by atoms with Gasteiger partial charge in [0.15, 0.2) is 0 Å². The van der Waals surface area contributed by atoms with Gasteiger partial charge in [0, 0.05) is 35.3 Å². The molecule has 1 aliphatic rings. The molecule has 31 heavy (non-hydrogen) atoms. The third-order valence-electron chi connectivity index (χ3n) is 5.82. The van der Waals surface area contributed by atoms with Crippen molar-refractivity contribution in [3.05, 3.63) is 60.4 Å². The number of aromatic nitrogens is 5. The lowest BCUT2D eigenvalue weighted by Gasteiger charge is -2.18. The molecule has 6 nitrogen and oxygen atoms in total. The van der Waals surface area contributed by atoms with Crippen molar-refractivity contribution in [2.24, 2.45) is 0 Å². The molecule has 0 aliphatic heterocycles. The monoisotopic (exact) mass is 418 g/mol. The fraction of sp³-hybridized carbons (Fsp3) is 0.304. The highest BCUT2D eigenvalue weighted by atomic mass is 19.1. The van der Waals surface area contributed by atoms with Crippen molar-refractivity contribution < 1.29 is 8.78 Å². The summed E-state index contributed by atoms with van der Waals surface area (Å²) >= 11 is 0. The van der Waals surface area contributed by atoms with Gasteiger partial charge in [0.2, 0.25) is 0 Å². The van der Waals surface area contributed by atoms with Gasteiger partial charge in [-0.25, -0.2) is 18.7 Å². The number of hydrogen-bond acceptors (Lipinski definition) is 4. The first kappa shape index (κ1) is 19.4. The molecule has 4 aromatic heterocycles. The minimum Gasteiger partial charge on any atom is -0.307 e. The van der Waals surface area contributed by atoms with E-state index >= 15 is 0 Å². The second-order valence-electron chi connectivity index (χ2n) is 8.04. The molecule has 0 atom stereocenters. The third-order valence-corrected chi connectivity index (χ3v) is 5.82. The van der Waals surface area contributed by atoms with Crippen LogP contribution in [0.4, 0.5) is 8.78 Å². The van der Waals surface area contributed by atoms with Crippen molar-refractivity contribution in [2.45, 2.75) is 44.6 Å². The Kier molecular flexibility index (Phi) is 4.74. The Labute approximate surface area is 177 Å². The summed E-state index contributed by atoms with van der Waals surface area (Å²) in [5, 5.41) is 13.7. The van der Waals surface area contributed by atoms with Crippen molar-refractivity contribution in [1.29, 1.82) is 5.26 Å². The molecule has 0 N–H and O–H groups in total. The molecule has 0 amide bonds. The maximum atomic E-state index is 14.9. The number of rotatable bonds is 5. The summed E-state index contributed by atoms with van der Waals surface area (Å²) in [6.45, 7) is -0.405. The topological polar surface area (TPSA) is 71.8 Å². The van der Waals surface area contributed by atoms with Crippen molar-refractivity contribution in [2.75, 3.05) is 0 Å². The second kappa shape index (κ2) is 7.58. The first-order valence-corrected chi connectivity index (χ1v) is 10.2. The predicted octanol–water partition coefficient (Wildman–Crippen LogP) is 4.88. The van der Waals surface area contributed by atoms with Crippen LogP contribution in [0.5, 0.6) is 0 Å². The van der Waals surface area contributed by atoms with Crippen LogP contribution in [0.3, 0.4) is 0 Å². The van der Waals surface area contributed by atoms with Gasteiger partial charge in [-0.05, 0) is 37.1 Å². The van der Waals surface area contributed by atoms with Gasteiger partial charge < -0.3 is 4.40 Å². The standard InChI is InChI=1S/C23H20F2N6/c24-10-19-14-30-8-5-16(9-21(30)28-19)22-20(4-3-18(11-26)29-22)17-12-27-31(13-17)15-23(25)6-1-2-7-23/h3-5,8-9,12-14H,1-2,6-7,10,15H2. The van der Waals surface area contributed by atoms with Crippen LogP contribution in [0.25, 0.3) is 28.0 Å². The van der Waals surface area contributed by atoms with E-state index in [-0.39, 0.29) is 12.2 Å². The summed E-state index contributed by atoms with van der Waals surface area (Å²) in [5.41, 5.74) is 2.96. The normalized spacial score (nSPS) is 15.4. The maximum absolute atomic E-state index is 14.9. The molecule has 0 radical (unpaired) electrons. The molecule has 0 unspecified atom stereocenters. The van der Waals surface area contributed by atoms with Crippen molar-refractivity contribution in [3.8, 4) is 28.5 Å². The highest BCUT2D eigenvalue weighted by Gasteiger charge is 2.34. The average molecular weight is 418 g/mol. The molecule has 4 aromatic rings. The van der Waals surface area contributed by atoms with Gasteiger partial charge in [-0.2, -0.15) is 10.4 Å². The molecule has 1 aliphatic carbocycles. The zero-order valence-corrected chi connectivity index (χ0v) is 16.8. The number of halogens is 2. The lowest BCUT2D eigenvalue weighted by atomic mass is 10.0. The molecule has 5 rings (SSSR count). The zero-order valence-electron chi connectivity index (χ0n) is 16.8. The fourth-order valence-corrected chi connectivity index (χ4v) is 4.27. The molecule has 0 saturated heterocycles. The zero-order chi connectivity index (χ0) is 21.4. The van der Waals surface area contributed by atoms with Gasteiger partial charge in [0.05, 0.1) is 24.1 Å². The summed E-state index contributed by atoms with van der Waals surface area (Å²) < 4.78 is 31.3. The Morgan fingerprint density at radius 2 is 1.94 bits per heavy atom. The number of alkyl halides is 2. The van der Waals surface area contributed by atoms with Crippen LogP contribution in [0, 0.1) is 11.3 Å². The van der Waals surface area contributed by atoms with Gasteiger partial charge in [0.1, 0.15) is 29.8 Å². The maximum Gasteiger partial charge on any atom is 0.141 e. The molecule has 0 spiro atoms. The molecule has 156 valence electrons. The summed E-state index contributed by atoms with van der Waals surface area (Å²) in [4.78, 5) is 8.78. The Hall–Kier alpha value is -3.60. The Balaban J connectivity index is 1.55. The van der Waals surface area contributed by atoms with Crippen LogP contribution in [0.15, 0.2) is 49.1 Å². The number of nitriles is 1. The highest BCUT2D eigenvalue weighted by Crippen LogP contribution is 2.36. The second-order valence-corrected chi connectivity index (χ2v) is 8.04. The van der Waals surface area contributed by atoms with E-state index in [0.29, 0.717) is 29.9 Å². The van der Waals surface area contributed by atoms with E-state index in [4.69, 9.17) is 0 Å². The van der Waals surface area contributed by atoms with E-state index < -0.39 is 12.3 Å². The molecule has 8 heteroatoms. The van der Waals surface area contributed by atoms with Crippen LogP contribution in [-0.2, 0) is 13.2 Å². The molecule has 4 heterocycles. The van der Waals surface area contributed by atoms with Gasteiger partial charge in [-0.3, -0.25) is 4.68 Å². The van der Waals surface area contributed by atoms with E-state index in [1.165, 1.54) is 0 Å². The SMILES string of the molecule is N#Cc1ccc(-c2cnn(CC3(F)CCCC3)c2)c(-c2ccn3cc(CF)nc3c2)n1. The van der Waals surface area contributed by atoms with E-state index in [0.717, 1.165) is 29.5 Å². The number of nitrogens with zero attached hydrogens (tertiary/aromatic N) is 6. The number of fused-ring (bicyclic) bond motifs is 1. The molecule has 1 fully saturated rings. The Morgan fingerprint density at radius 3 is 2.71 bits per heavy atom. The van der Waals surface area contributed by atoms with Crippen LogP contribution in [0.2, 0.25) is 0 Å². The minimum absolute atomic E-state index is 0.234. The molecule has 1 saturated carbocycles. The fourth-order valence-electron chi connectivity index (χ4n) is 4.27. The van der Waals surface area contributed by atoms with E-state index in [2.05, 4.69) is 21.1 Å². The summed E-state index contributed by atoms with van der Waals surface area (Å²) in [5.74, 6) is 0. The molecular formula is C23H20F2N6. The minimum atomic E-state index is -1.20. The third kappa shape index (κ3) is 3.67. The van der Waals surface area contributed by atoms with Gasteiger partial charge in [-0.1, -0.05) is 12.8 Å². The number of imidazole rings is 1. The van der Waals surface area contributed by atoms with E-state index in [1.54, 1.807) is 33.7 Å². The van der Waals surface area contributed by atoms with E-state index in [1.807, 2.05) is 24.4 Å². The number of hydrogen-bond donors (Lipinski definition) is 0. The molecular weight excluding hydrogens is 398 g/mol. The highest BCUT2D eigenvalue weighted by molar-refractivity contribution is 5.81. The van der Waals surface area contributed by atoms with Crippen LogP contribution >= 0.6 is 0 Å². The summed E-state index contributed by atoms with van der Waals surface area (Å²) in [6, 6.07) is 9.21. The van der Waals surface area contributed by atoms with Crippen LogP contribution in [0.1, 0.15) is 37.1 Å². The Morgan fingerprint density at radius 1 is 1.10 bits per heavy atom. The lowest BCUT2D eigenvalue weighted by molar-refractivity contribution is 0.139. The lowest BCUT2D eigenvalue weighted by Crippen LogP contribution is -2.25. The van der Waals surface area contributed by atoms with Gasteiger partial charge in [0.25, 0.3) is 0 Å². The van der Waals surface area contributed by atoms with E-state index in [9.17, 15) is 14.0 Å². The predicted molar refractivity (Wildman–Crippen MR) is 111 cm³/mol. The smallest absolute Gasteiger partial charge is 0.141 e. The average Bonchev–Trinajstić information content (AvgIpc) is 3.52. The van der Waals surface area contributed by atoms with Crippen molar-refractivity contribution >= 4 is 5.65 Å².